The van der Waals surface area contributed by atoms with Crippen molar-refractivity contribution in [1.82, 2.24) is 9.55 Å². The fourth-order valence-electron chi connectivity index (χ4n) is 4.56. The van der Waals surface area contributed by atoms with E-state index in [1.807, 2.05) is 103 Å². The molecule has 4 aromatic carbocycles. The number of hydrogen-bond acceptors (Lipinski definition) is 4. The molecule has 184 valence electrons. The average molecular weight is 517 g/mol. The van der Waals surface area contributed by atoms with Gasteiger partial charge in [0.05, 0.1) is 28.8 Å². The molecule has 0 radical (unpaired) electrons. The van der Waals surface area contributed by atoms with Gasteiger partial charge in [0.15, 0.2) is 5.69 Å². The van der Waals surface area contributed by atoms with E-state index >= 15 is 0 Å². The van der Waals surface area contributed by atoms with Crippen LogP contribution in [0.15, 0.2) is 119 Å². The number of nitrogens with zero attached hydrogens (tertiary/aromatic N) is 4. The summed E-state index contributed by atoms with van der Waals surface area (Å²) >= 11 is 6.03. The molecule has 0 aliphatic heterocycles. The van der Waals surface area contributed by atoms with E-state index in [1.54, 1.807) is 10.6 Å². The Morgan fingerprint density at radius 1 is 0.842 bits per heavy atom. The second-order valence-electron chi connectivity index (χ2n) is 8.85. The maximum atomic E-state index is 13.4. The van der Waals surface area contributed by atoms with Gasteiger partial charge in [0.1, 0.15) is 0 Å². The summed E-state index contributed by atoms with van der Waals surface area (Å²) in [5.74, 6) is -0.586. The van der Waals surface area contributed by atoms with Gasteiger partial charge in [0.2, 0.25) is 5.88 Å². The zero-order valence-electron chi connectivity index (χ0n) is 20.1. The quantitative estimate of drug-likeness (QED) is 0.234. The molecule has 0 fully saturated rings. The fourth-order valence-corrected chi connectivity index (χ4v) is 4.69. The molecule has 6 rings (SSSR count). The lowest BCUT2D eigenvalue weighted by molar-refractivity contribution is 0.0996. The molecule has 0 saturated heterocycles. The number of halogens is 1. The number of carbonyl (C=O) groups excluding carboxylic acids is 1. The van der Waals surface area contributed by atoms with E-state index in [0.717, 1.165) is 16.6 Å². The van der Waals surface area contributed by atoms with E-state index in [-0.39, 0.29) is 11.6 Å². The van der Waals surface area contributed by atoms with Crippen molar-refractivity contribution in [1.29, 1.82) is 0 Å². The molecule has 1 amide bonds. The van der Waals surface area contributed by atoms with E-state index in [1.165, 1.54) is 0 Å². The number of aromatic hydroxyl groups is 1. The number of aromatic nitrogens is 2. The van der Waals surface area contributed by atoms with Crippen molar-refractivity contribution in [3.8, 4) is 17.1 Å². The zero-order valence-corrected chi connectivity index (χ0v) is 20.9. The number of amides is 1. The predicted molar refractivity (Wildman–Crippen MR) is 150 cm³/mol. The van der Waals surface area contributed by atoms with E-state index in [2.05, 4.69) is 10.2 Å². The third kappa shape index (κ3) is 4.42. The normalized spacial score (nSPS) is 11.5. The molecule has 2 heterocycles. The van der Waals surface area contributed by atoms with Gasteiger partial charge in [0, 0.05) is 21.4 Å². The molecule has 0 unspecified atom stereocenters. The number of pyridine rings is 1. The Balaban J connectivity index is 1.41. The van der Waals surface area contributed by atoms with Gasteiger partial charge in [0.25, 0.3) is 5.91 Å². The summed E-state index contributed by atoms with van der Waals surface area (Å²) in [7, 11) is 0. The third-order valence-electron chi connectivity index (χ3n) is 6.43. The molecule has 0 aliphatic rings. The van der Waals surface area contributed by atoms with Crippen LogP contribution in [0.5, 0.6) is 5.88 Å². The average Bonchev–Trinajstić information content (AvgIpc) is 3.22. The number of benzene rings is 4. The first-order chi connectivity index (χ1) is 18.6. The summed E-state index contributed by atoms with van der Waals surface area (Å²) in [6.45, 7) is 0.405. The van der Waals surface area contributed by atoms with Crippen LogP contribution in [0.4, 0.5) is 5.69 Å². The summed E-state index contributed by atoms with van der Waals surface area (Å²) in [6.07, 6.45) is 0. The minimum atomic E-state index is -0.519. The summed E-state index contributed by atoms with van der Waals surface area (Å²) in [5.41, 5.74) is 4.63. The van der Waals surface area contributed by atoms with E-state index in [0.29, 0.717) is 39.1 Å². The van der Waals surface area contributed by atoms with Gasteiger partial charge >= 0.3 is 0 Å². The van der Waals surface area contributed by atoms with Crippen molar-refractivity contribution in [2.75, 3.05) is 0 Å². The van der Waals surface area contributed by atoms with Gasteiger partial charge < -0.3 is 9.67 Å². The number of rotatable bonds is 5. The third-order valence-corrected chi connectivity index (χ3v) is 6.68. The lowest BCUT2D eigenvalue weighted by Gasteiger charge is -2.07. The highest BCUT2D eigenvalue weighted by atomic mass is 35.5. The lowest BCUT2D eigenvalue weighted by atomic mass is 10.0. The molecule has 0 saturated carbocycles. The Bertz CT molecular complexity index is 1830. The van der Waals surface area contributed by atoms with Crippen molar-refractivity contribution in [3.05, 3.63) is 125 Å². The molecular formula is C31H21ClN4O2. The van der Waals surface area contributed by atoms with Crippen LogP contribution in [0.2, 0.25) is 5.02 Å². The first kappa shape index (κ1) is 23.6. The van der Waals surface area contributed by atoms with Crippen molar-refractivity contribution in [2.24, 2.45) is 10.2 Å². The number of azo groups is 1. The number of fused-ring (bicyclic) bond motifs is 2. The molecule has 6 nitrogen and oxygen atoms in total. The molecule has 0 spiro atoms. The van der Waals surface area contributed by atoms with Crippen LogP contribution >= 0.6 is 11.6 Å². The molecule has 0 bridgehead atoms. The maximum absolute atomic E-state index is 13.4. The SMILES string of the molecule is O=C(N=Nc1c(O)n(Cc2ccc(Cl)cc2)c2ccccc12)c1cc(-c2ccccc2)nc2ccccc12. The number of para-hydroxylation sites is 2. The van der Waals surface area contributed by atoms with Crippen LogP contribution in [0.25, 0.3) is 33.1 Å². The molecule has 0 aliphatic carbocycles. The Morgan fingerprint density at radius 3 is 2.32 bits per heavy atom. The van der Waals surface area contributed by atoms with Crippen LogP contribution in [-0.2, 0) is 6.54 Å². The molecular weight excluding hydrogens is 496 g/mol. The zero-order chi connectivity index (χ0) is 26.1. The highest BCUT2D eigenvalue weighted by molar-refractivity contribution is 6.30. The van der Waals surface area contributed by atoms with Gasteiger partial charge in [-0.2, -0.15) is 0 Å². The minimum Gasteiger partial charge on any atom is -0.493 e. The summed E-state index contributed by atoms with van der Waals surface area (Å²) < 4.78 is 1.74. The monoisotopic (exact) mass is 516 g/mol. The molecule has 1 N–H and O–H groups in total. The van der Waals surface area contributed by atoms with Crippen LogP contribution in [0, 0.1) is 0 Å². The van der Waals surface area contributed by atoms with Gasteiger partial charge in [-0.25, -0.2) is 4.98 Å². The maximum Gasteiger partial charge on any atom is 0.296 e. The van der Waals surface area contributed by atoms with Crippen LogP contribution < -0.4 is 0 Å². The summed E-state index contributed by atoms with van der Waals surface area (Å²) in [5, 5.41) is 21.5. The Hall–Kier alpha value is -4.81. The number of carbonyl (C=O) groups is 1. The van der Waals surface area contributed by atoms with E-state index in [9.17, 15) is 9.90 Å². The van der Waals surface area contributed by atoms with Crippen molar-refractivity contribution in [3.63, 3.8) is 0 Å². The fraction of sp³-hybridized carbons (Fsp3) is 0.0323. The molecule has 38 heavy (non-hydrogen) atoms. The molecule has 2 aromatic heterocycles. The largest absolute Gasteiger partial charge is 0.493 e. The van der Waals surface area contributed by atoms with E-state index in [4.69, 9.17) is 16.6 Å². The second-order valence-corrected chi connectivity index (χ2v) is 9.28. The summed E-state index contributed by atoms with van der Waals surface area (Å²) in [6, 6.07) is 33.8. The summed E-state index contributed by atoms with van der Waals surface area (Å²) in [4.78, 5) is 18.1. The first-order valence-electron chi connectivity index (χ1n) is 12.0. The smallest absolute Gasteiger partial charge is 0.296 e. The molecule has 0 atom stereocenters. The van der Waals surface area contributed by atoms with E-state index < -0.39 is 5.91 Å². The highest BCUT2D eigenvalue weighted by Gasteiger charge is 2.18. The van der Waals surface area contributed by atoms with Crippen LogP contribution in [-0.4, -0.2) is 20.6 Å². The minimum absolute atomic E-state index is 0.0674. The number of hydrogen-bond donors (Lipinski definition) is 1. The molecule has 7 heteroatoms. The van der Waals surface area contributed by atoms with Gasteiger partial charge in [-0.1, -0.05) is 90.5 Å². The Kier molecular flexibility index (Phi) is 6.15. The standard InChI is InChI=1S/C31H21ClN4O2/c32-22-16-14-20(15-17-22)19-36-28-13-7-5-11-24(28)29(31(36)38)34-35-30(37)25-18-27(21-8-2-1-3-9-21)33-26-12-6-4-10-23(25)26/h1-18,38H,19H2. The Labute approximate surface area is 223 Å². The topological polar surface area (TPSA) is 79.8 Å². The highest BCUT2D eigenvalue weighted by Crippen LogP contribution is 2.39. The van der Waals surface area contributed by atoms with Gasteiger partial charge in [-0.3, -0.25) is 4.79 Å². The first-order valence-corrected chi connectivity index (χ1v) is 12.4. The Morgan fingerprint density at radius 2 is 1.53 bits per heavy atom. The predicted octanol–water partition coefficient (Wildman–Crippen LogP) is 8.19. The van der Waals surface area contributed by atoms with Gasteiger partial charge in [-0.05, 0) is 35.9 Å². The van der Waals surface area contributed by atoms with Crippen molar-refractivity contribution >= 4 is 45.0 Å². The lowest BCUT2D eigenvalue weighted by Crippen LogP contribution is -1.99. The van der Waals surface area contributed by atoms with Crippen LogP contribution in [0.1, 0.15) is 15.9 Å². The van der Waals surface area contributed by atoms with Crippen LogP contribution in [0.3, 0.4) is 0 Å². The van der Waals surface area contributed by atoms with Crippen molar-refractivity contribution in [2.45, 2.75) is 6.54 Å². The molecule has 6 aromatic rings. The van der Waals surface area contributed by atoms with Gasteiger partial charge in [-0.15, -0.1) is 10.2 Å². The second kappa shape index (κ2) is 9.92. The van der Waals surface area contributed by atoms with Crippen molar-refractivity contribution < 1.29 is 9.90 Å².